The van der Waals surface area contributed by atoms with Gasteiger partial charge >= 0.3 is 35.6 Å². The third kappa shape index (κ3) is 3.24. The summed E-state index contributed by atoms with van der Waals surface area (Å²) in [6.45, 7) is 0.644. The molecule has 6 heterocycles. The van der Waals surface area contributed by atoms with Crippen LogP contribution < -0.4 is 4.74 Å². The van der Waals surface area contributed by atoms with E-state index in [1.807, 2.05) is 30.3 Å². The number of nitrogens with zero attached hydrogens (tertiary/aromatic N) is 3. The minimum atomic E-state index is -2.16. The molecule has 6 aliphatic rings. The molecule has 1 aromatic heterocycles. The Labute approximate surface area is 220 Å². The molecule has 3 unspecified atom stereocenters. The number of hydrogen-bond donors (Lipinski definition) is 0. The fourth-order valence-corrected chi connectivity index (χ4v) is 7.31. The molecule has 5 atom stereocenters. The first kappa shape index (κ1) is 23.5. The van der Waals surface area contributed by atoms with Crippen molar-refractivity contribution in [2.75, 3.05) is 13.1 Å². The van der Waals surface area contributed by atoms with Crippen LogP contribution in [0.15, 0.2) is 30.3 Å². The Morgan fingerprint density at radius 2 is 1.50 bits per heavy atom. The maximum absolute atomic E-state index is 13.1. The van der Waals surface area contributed by atoms with Crippen LogP contribution in [0.4, 0.5) is 0 Å². The van der Waals surface area contributed by atoms with E-state index in [0.29, 0.717) is 18.0 Å². The second-order valence-electron chi connectivity index (χ2n) is 10.2. The first-order chi connectivity index (χ1) is 18.3. The molecule has 1 saturated carbocycles. The van der Waals surface area contributed by atoms with Crippen molar-refractivity contribution >= 4 is 35.2 Å². The van der Waals surface area contributed by atoms with E-state index in [1.165, 1.54) is 0 Å². The van der Waals surface area contributed by atoms with Gasteiger partial charge in [0.25, 0.3) is 10.8 Å². The number of esters is 4. The topological polar surface area (TPSA) is 143 Å². The van der Waals surface area contributed by atoms with Gasteiger partial charge in [0, 0.05) is 25.1 Å². The molecule has 38 heavy (non-hydrogen) atoms. The Morgan fingerprint density at radius 1 is 0.842 bits per heavy atom. The van der Waals surface area contributed by atoms with E-state index in [4.69, 9.17) is 23.7 Å². The lowest BCUT2D eigenvalue weighted by molar-refractivity contribution is -0.475. The molecule has 198 valence electrons. The number of carbonyl (C=O) groups excluding carboxylic acids is 4. The molecular formula is C25H23N3O9S. The number of aromatic nitrogens is 2. The molecule has 13 heteroatoms. The molecule has 2 spiro atoms. The van der Waals surface area contributed by atoms with Gasteiger partial charge < -0.3 is 23.7 Å². The van der Waals surface area contributed by atoms with Crippen LogP contribution in [-0.4, -0.2) is 69.4 Å². The summed E-state index contributed by atoms with van der Waals surface area (Å²) in [5.74, 6) is -7.45. The van der Waals surface area contributed by atoms with Gasteiger partial charge in [-0.3, -0.25) is 19.2 Å². The Kier molecular flexibility index (Phi) is 5.08. The maximum atomic E-state index is 13.1. The highest BCUT2D eigenvalue weighted by Crippen LogP contribution is 2.64. The van der Waals surface area contributed by atoms with E-state index in [9.17, 15) is 19.2 Å². The molecule has 5 aliphatic heterocycles. The Balaban J connectivity index is 1.41. The zero-order chi connectivity index (χ0) is 26.1. The van der Waals surface area contributed by atoms with Crippen molar-refractivity contribution in [2.24, 2.45) is 11.8 Å². The first-order valence-corrected chi connectivity index (χ1v) is 13.3. The molecule has 1 aliphatic carbocycles. The van der Waals surface area contributed by atoms with Crippen molar-refractivity contribution in [2.45, 2.75) is 55.8 Å². The molecular weight excluding hydrogens is 518 g/mol. The van der Waals surface area contributed by atoms with Gasteiger partial charge in [0.15, 0.2) is 5.01 Å². The summed E-state index contributed by atoms with van der Waals surface area (Å²) in [6.07, 6.45) is -0.195. The third-order valence-electron chi connectivity index (χ3n) is 7.93. The predicted octanol–water partition coefficient (Wildman–Crippen LogP) is 1.79. The summed E-state index contributed by atoms with van der Waals surface area (Å²) in [4.78, 5) is 53.5. The van der Waals surface area contributed by atoms with E-state index in [2.05, 4.69) is 10.2 Å². The molecule has 1 aromatic carbocycles. The average Bonchev–Trinajstić information content (AvgIpc) is 3.29. The van der Waals surface area contributed by atoms with Crippen LogP contribution >= 0.6 is 11.3 Å². The monoisotopic (exact) mass is 541 g/mol. The molecule has 2 aromatic rings. The molecule has 12 nitrogen and oxygen atoms in total. The van der Waals surface area contributed by atoms with Gasteiger partial charge in [-0.05, 0) is 12.3 Å². The first-order valence-electron chi connectivity index (χ1n) is 12.5. The minimum absolute atomic E-state index is 0.0167. The van der Waals surface area contributed by atoms with Crippen molar-refractivity contribution in [3.05, 3.63) is 30.3 Å². The lowest BCUT2D eigenvalue weighted by Gasteiger charge is -2.68. The number of carbonyl (C=O) groups is 4. The lowest BCUT2D eigenvalue weighted by atomic mass is 9.58. The molecule has 0 radical (unpaired) electrons. The molecule has 0 amide bonds. The largest absolute Gasteiger partial charge is 0.440 e. The summed E-state index contributed by atoms with van der Waals surface area (Å²) in [7, 11) is 0. The van der Waals surface area contributed by atoms with Gasteiger partial charge in [0.2, 0.25) is 0 Å². The van der Waals surface area contributed by atoms with E-state index in [-0.39, 0.29) is 49.8 Å². The SMILES string of the molecule is O=C1CCC(=O)O[C@]23CC4C[C@@H](CN(C4)C24OC(=O)CCC(=O)O4)C3(Oc2nnc(-c3ccccc3)s2)O1. The Hall–Kier alpha value is -3.58. The summed E-state index contributed by atoms with van der Waals surface area (Å²) in [6, 6.07) is 9.36. The smallest absolute Gasteiger partial charge is 0.370 e. The second kappa shape index (κ2) is 8.21. The second-order valence-corrected chi connectivity index (χ2v) is 11.2. The maximum Gasteiger partial charge on any atom is 0.370 e. The highest BCUT2D eigenvalue weighted by atomic mass is 32.1. The van der Waals surface area contributed by atoms with Crippen LogP contribution in [0, 0.1) is 11.8 Å². The fraction of sp³-hybridized carbons (Fsp3) is 0.520. The molecule has 8 rings (SSSR count). The summed E-state index contributed by atoms with van der Waals surface area (Å²) >= 11 is 1.13. The highest BCUT2D eigenvalue weighted by Gasteiger charge is 2.87. The standard InChI is InChI=1S/C25H23N3O9S/c29-17-6-7-18(30)34-24(37-22-27-26-21(38-22)15-4-2-1-3-5-15)16-10-14-11-23(24,33-17)25(28(12-14)13-16)35-19(31)8-9-20(32)36-25/h1-5,14,16H,6-13H2/t14?,16-,23-,24?/m0/s1. The van der Waals surface area contributed by atoms with Crippen molar-refractivity contribution in [3.63, 3.8) is 0 Å². The lowest BCUT2D eigenvalue weighted by Crippen LogP contribution is -2.90. The van der Waals surface area contributed by atoms with Gasteiger partial charge in [-0.15, -0.1) is 5.10 Å². The Bertz CT molecular complexity index is 1330. The van der Waals surface area contributed by atoms with Crippen LogP contribution in [0.1, 0.15) is 38.5 Å². The quantitative estimate of drug-likeness (QED) is 0.413. The van der Waals surface area contributed by atoms with Gasteiger partial charge in [0.1, 0.15) is 0 Å². The van der Waals surface area contributed by atoms with Gasteiger partial charge in [0.05, 0.1) is 31.6 Å². The normalized spacial score (nSPS) is 35.2. The van der Waals surface area contributed by atoms with Crippen LogP contribution in [0.2, 0.25) is 0 Å². The number of rotatable bonds is 3. The number of benzene rings is 1. The van der Waals surface area contributed by atoms with Crippen LogP contribution in [0.3, 0.4) is 0 Å². The van der Waals surface area contributed by atoms with Crippen molar-refractivity contribution in [3.8, 4) is 15.8 Å². The summed E-state index contributed by atoms with van der Waals surface area (Å²) < 4.78 is 30.5. The number of hydrogen-bond acceptors (Lipinski definition) is 13. The van der Waals surface area contributed by atoms with Crippen molar-refractivity contribution in [1.82, 2.24) is 15.1 Å². The summed E-state index contributed by atoms with van der Waals surface area (Å²) in [5.41, 5.74) is -1.17. The number of ether oxygens (including phenoxy) is 5. The van der Waals surface area contributed by atoms with E-state index in [0.717, 1.165) is 16.9 Å². The zero-order valence-corrected chi connectivity index (χ0v) is 20.9. The predicted molar refractivity (Wildman–Crippen MR) is 125 cm³/mol. The van der Waals surface area contributed by atoms with E-state index < -0.39 is 47.1 Å². The zero-order valence-electron chi connectivity index (χ0n) is 20.1. The molecule has 5 saturated heterocycles. The minimum Gasteiger partial charge on any atom is -0.440 e. The third-order valence-corrected chi connectivity index (χ3v) is 8.78. The fourth-order valence-electron chi connectivity index (χ4n) is 6.56. The van der Waals surface area contributed by atoms with Gasteiger partial charge in [-0.2, -0.15) is 0 Å². The Morgan fingerprint density at radius 3 is 2.21 bits per heavy atom. The van der Waals surface area contributed by atoms with Crippen LogP contribution in [0.5, 0.6) is 5.19 Å². The van der Waals surface area contributed by atoms with Crippen LogP contribution in [-0.2, 0) is 38.1 Å². The highest BCUT2D eigenvalue weighted by molar-refractivity contribution is 7.16. The summed E-state index contributed by atoms with van der Waals surface area (Å²) in [5, 5.41) is 9.06. The van der Waals surface area contributed by atoms with Crippen molar-refractivity contribution in [1.29, 1.82) is 0 Å². The van der Waals surface area contributed by atoms with E-state index >= 15 is 0 Å². The van der Waals surface area contributed by atoms with Crippen molar-refractivity contribution < 1.29 is 42.9 Å². The molecule has 4 bridgehead atoms. The molecule has 0 N–H and O–H groups in total. The number of piperidine rings is 3. The van der Waals surface area contributed by atoms with Gasteiger partial charge in [-0.1, -0.05) is 46.8 Å². The van der Waals surface area contributed by atoms with E-state index in [1.54, 1.807) is 4.90 Å². The van der Waals surface area contributed by atoms with Crippen LogP contribution in [0.25, 0.3) is 10.6 Å². The molecule has 6 fully saturated rings. The van der Waals surface area contributed by atoms with Gasteiger partial charge in [-0.25, -0.2) is 4.90 Å². The average molecular weight is 542 g/mol.